The van der Waals surface area contributed by atoms with E-state index >= 15 is 0 Å². The highest BCUT2D eigenvalue weighted by Crippen LogP contribution is 2.37. The Hall–Kier alpha value is -2.29. The van der Waals surface area contributed by atoms with Crippen LogP contribution < -0.4 is 5.32 Å². The lowest BCUT2D eigenvalue weighted by molar-refractivity contribution is 0.527. The monoisotopic (exact) mass is 394 g/mol. The highest BCUT2D eigenvalue weighted by atomic mass is 35.5. The highest BCUT2D eigenvalue weighted by molar-refractivity contribution is 6.30. The summed E-state index contributed by atoms with van der Waals surface area (Å²) in [6.45, 7) is 2.09. The van der Waals surface area contributed by atoms with Crippen LogP contribution in [0.5, 0.6) is 0 Å². The summed E-state index contributed by atoms with van der Waals surface area (Å²) in [5, 5.41) is 4.07. The number of aryl methyl sites for hydroxylation is 1. The topological polar surface area (TPSA) is 24.4 Å². The Bertz CT molecular complexity index is 934. The van der Waals surface area contributed by atoms with E-state index in [1.54, 1.807) is 0 Å². The van der Waals surface area contributed by atoms with E-state index in [4.69, 9.17) is 28.2 Å². The molecule has 0 saturated heterocycles. The number of amidine groups is 1. The van der Waals surface area contributed by atoms with E-state index in [1.165, 1.54) is 5.56 Å². The molecule has 1 aliphatic rings. The van der Waals surface area contributed by atoms with Crippen molar-refractivity contribution in [2.75, 3.05) is 0 Å². The third kappa shape index (κ3) is 3.87. The van der Waals surface area contributed by atoms with Gasteiger partial charge in [-0.15, -0.1) is 11.6 Å². The van der Waals surface area contributed by atoms with Crippen molar-refractivity contribution in [3.8, 4) is 0 Å². The molecule has 3 atom stereocenters. The third-order valence-electron chi connectivity index (χ3n) is 4.88. The van der Waals surface area contributed by atoms with Gasteiger partial charge in [0.2, 0.25) is 0 Å². The zero-order valence-electron chi connectivity index (χ0n) is 14.9. The predicted octanol–water partition coefficient (Wildman–Crippen LogP) is 6.09. The lowest BCUT2D eigenvalue weighted by atomic mass is 9.94. The van der Waals surface area contributed by atoms with Gasteiger partial charge in [0, 0.05) is 10.6 Å². The summed E-state index contributed by atoms with van der Waals surface area (Å²) < 4.78 is 0. The zero-order valence-corrected chi connectivity index (χ0v) is 16.5. The molecule has 3 aromatic rings. The van der Waals surface area contributed by atoms with E-state index in [-0.39, 0.29) is 17.5 Å². The lowest BCUT2D eigenvalue weighted by Crippen LogP contribution is -2.35. The van der Waals surface area contributed by atoms with Gasteiger partial charge in [-0.3, -0.25) is 4.99 Å². The second-order valence-electron chi connectivity index (χ2n) is 6.82. The first-order valence-electron chi connectivity index (χ1n) is 8.98. The summed E-state index contributed by atoms with van der Waals surface area (Å²) in [5.41, 5.74) is 4.48. The Morgan fingerprint density at radius 2 is 1.56 bits per heavy atom. The maximum Gasteiger partial charge on any atom is 0.129 e. The number of hydrogen-bond acceptors (Lipinski definition) is 2. The molecular weight excluding hydrogens is 375 g/mol. The van der Waals surface area contributed by atoms with E-state index in [2.05, 4.69) is 48.6 Å². The zero-order chi connectivity index (χ0) is 18.8. The van der Waals surface area contributed by atoms with Crippen LogP contribution in [0.4, 0.5) is 0 Å². The van der Waals surface area contributed by atoms with Crippen molar-refractivity contribution in [2.24, 2.45) is 4.99 Å². The average molecular weight is 395 g/mol. The van der Waals surface area contributed by atoms with E-state index in [9.17, 15) is 0 Å². The Balaban J connectivity index is 1.71. The molecule has 2 nitrogen and oxygen atoms in total. The van der Waals surface area contributed by atoms with Gasteiger partial charge in [0.05, 0.1) is 17.5 Å². The Morgan fingerprint density at radius 3 is 2.22 bits per heavy atom. The first-order chi connectivity index (χ1) is 13.1. The number of nitrogens with one attached hydrogen (secondary N) is 1. The van der Waals surface area contributed by atoms with Crippen molar-refractivity contribution in [1.82, 2.24) is 5.32 Å². The molecule has 1 N–H and O–H groups in total. The van der Waals surface area contributed by atoms with Gasteiger partial charge in [-0.25, -0.2) is 0 Å². The SMILES string of the molecule is Cc1ccc(C2N=C(c3ccc(Cl)cc3)NC2C(Cl)c2ccccc2)cc1. The number of rotatable bonds is 4. The van der Waals surface area contributed by atoms with Crippen LogP contribution in [0, 0.1) is 6.92 Å². The summed E-state index contributed by atoms with van der Waals surface area (Å²) in [6.07, 6.45) is 0. The minimum Gasteiger partial charge on any atom is -0.363 e. The molecule has 4 heteroatoms. The second-order valence-corrected chi connectivity index (χ2v) is 7.73. The van der Waals surface area contributed by atoms with Crippen LogP contribution in [0.25, 0.3) is 0 Å². The van der Waals surface area contributed by atoms with Crippen LogP contribution in [0.3, 0.4) is 0 Å². The maximum absolute atomic E-state index is 6.91. The summed E-state index contributed by atoms with van der Waals surface area (Å²) in [6, 6.07) is 26.3. The molecule has 0 radical (unpaired) electrons. The minimum absolute atomic E-state index is 0.0394. The molecule has 136 valence electrons. The smallest absolute Gasteiger partial charge is 0.129 e. The van der Waals surface area contributed by atoms with Crippen molar-refractivity contribution >= 4 is 29.0 Å². The highest BCUT2D eigenvalue weighted by Gasteiger charge is 2.36. The molecule has 1 heterocycles. The van der Waals surface area contributed by atoms with Crippen LogP contribution in [-0.4, -0.2) is 11.9 Å². The first-order valence-corrected chi connectivity index (χ1v) is 9.79. The first kappa shape index (κ1) is 18.1. The average Bonchev–Trinajstić information content (AvgIpc) is 3.14. The van der Waals surface area contributed by atoms with Crippen molar-refractivity contribution in [1.29, 1.82) is 0 Å². The normalized spacial score (nSPS) is 20.0. The molecular formula is C23H20Cl2N2. The fourth-order valence-electron chi connectivity index (χ4n) is 3.38. The molecule has 0 amide bonds. The van der Waals surface area contributed by atoms with E-state index in [0.717, 1.165) is 22.5 Å². The second kappa shape index (κ2) is 7.75. The standard InChI is InChI=1S/C23H20Cl2N2/c1-15-7-9-17(10-8-15)21-22(20(25)16-5-3-2-4-6-16)27-23(26-21)18-11-13-19(24)14-12-18/h2-14,20-22H,1H3,(H,26,27). The van der Waals surface area contributed by atoms with Gasteiger partial charge in [-0.2, -0.15) is 0 Å². The van der Waals surface area contributed by atoms with Crippen LogP contribution in [0.15, 0.2) is 83.9 Å². The minimum atomic E-state index is -0.203. The maximum atomic E-state index is 6.91. The van der Waals surface area contributed by atoms with Gasteiger partial charge in [0.25, 0.3) is 0 Å². The van der Waals surface area contributed by atoms with E-state index in [1.807, 2.05) is 42.5 Å². The van der Waals surface area contributed by atoms with E-state index < -0.39 is 0 Å². The van der Waals surface area contributed by atoms with Gasteiger partial charge in [0.15, 0.2) is 0 Å². The number of halogens is 2. The summed E-state index contributed by atoms with van der Waals surface area (Å²) in [7, 11) is 0. The molecule has 0 aromatic heterocycles. The van der Waals surface area contributed by atoms with Crippen molar-refractivity contribution in [3.05, 3.63) is 106 Å². The molecule has 0 bridgehead atoms. The van der Waals surface area contributed by atoms with Crippen molar-refractivity contribution in [3.63, 3.8) is 0 Å². The summed E-state index contributed by atoms with van der Waals surface area (Å²) in [5.74, 6) is 0.851. The van der Waals surface area contributed by atoms with Crippen LogP contribution in [0.2, 0.25) is 5.02 Å². The van der Waals surface area contributed by atoms with Crippen molar-refractivity contribution in [2.45, 2.75) is 24.4 Å². The number of hydrogen-bond donors (Lipinski definition) is 1. The fourth-order valence-corrected chi connectivity index (χ4v) is 3.85. The van der Waals surface area contributed by atoms with Gasteiger partial charge >= 0.3 is 0 Å². The molecule has 0 fully saturated rings. The molecule has 3 aromatic carbocycles. The predicted molar refractivity (Wildman–Crippen MR) is 114 cm³/mol. The number of benzene rings is 3. The van der Waals surface area contributed by atoms with Crippen LogP contribution in [0.1, 0.15) is 33.7 Å². The fraction of sp³-hybridized carbons (Fsp3) is 0.174. The van der Waals surface area contributed by atoms with E-state index in [0.29, 0.717) is 5.02 Å². The van der Waals surface area contributed by atoms with Crippen molar-refractivity contribution < 1.29 is 0 Å². The molecule has 4 rings (SSSR count). The summed E-state index contributed by atoms with van der Waals surface area (Å²) >= 11 is 12.9. The molecule has 3 unspecified atom stereocenters. The van der Waals surface area contributed by atoms with Gasteiger partial charge in [0.1, 0.15) is 5.84 Å². The number of aliphatic imine (C=N–C) groups is 1. The molecule has 0 saturated carbocycles. The molecule has 1 aliphatic heterocycles. The largest absolute Gasteiger partial charge is 0.363 e. The Kier molecular flexibility index (Phi) is 5.20. The number of nitrogens with zero attached hydrogens (tertiary/aromatic N) is 1. The lowest BCUT2D eigenvalue weighted by Gasteiger charge is -2.24. The quantitative estimate of drug-likeness (QED) is 0.532. The van der Waals surface area contributed by atoms with Gasteiger partial charge in [-0.05, 0) is 42.3 Å². The Labute approximate surface area is 169 Å². The molecule has 0 spiro atoms. The summed E-state index contributed by atoms with van der Waals surface area (Å²) in [4.78, 5) is 4.99. The third-order valence-corrected chi connectivity index (χ3v) is 5.66. The number of alkyl halides is 1. The van der Waals surface area contributed by atoms with Gasteiger partial charge < -0.3 is 5.32 Å². The van der Waals surface area contributed by atoms with Crippen LogP contribution in [-0.2, 0) is 0 Å². The van der Waals surface area contributed by atoms with Gasteiger partial charge in [-0.1, -0.05) is 71.8 Å². The Morgan fingerprint density at radius 1 is 0.889 bits per heavy atom. The molecule has 0 aliphatic carbocycles. The molecule has 27 heavy (non-hydrogen) atoms. The van der Waals surface area contributed by atoms with Crippen LogP contribution >= 0.6 is 23.2 Å².